The molecule has 0 radical (unpaired) electrons. The van der Waals surface area contributed by atoms with E-state index in [0.29, 0.717) is 16.3 Å². The summed E-state index contributed by atoms with van der Waals surface area (Å²) in [6.07, 6.45) is 1.58. The first-order valence-electron chi connectivity index (χ1n) is 7.19. The zero-order valence-corrected chi connectivity index (χ0v) is 13.7. The van der Waals surface area contributed by atoms with Crippen LogP contribution in [0.15, 0.2) is 76.0 Å². The first-order valence-corrected chi connectivity index (χ1v) is 8.75. The van der Waals surface area contributed by atoms with Crippen LogP contribution in [0, 0.1) is 0 Å². The van der Waals surface area contributed by atoms with Gasteiger partial charge < -0.3 is 14.5 Å². The smallest absolute Gasteiger partial charge is 0.291 e. The Kier molecular flexibility index (Phi) is 4.77. The van der Waals surface area contributed by atoms with Crippen molar-refractivity contribution in [3.05, 3.63) is 72.5 Å². The fourth-order valence-electron chi connectivity index (χ4n) is 2.05. The van der Waals surface area contributed by atoms with Gasteiger partial charge in [0, 0.05) is 33.7 Å². The number of nitrogens with one attached hydrogen (secondary N) is 1. The predicted octanol–water partition coefficient (Wildman–Crippen LogP) is 4.06. The molecule has 1 atom stereocenters. The van der Waals surface area contributed by atoms with Crippen LogP contribution in [0.25, 0.3) is 0 Å². The van der Waals surface area contributed by atoms with Gasteiger partial charge in [0.2, 0.25) is 0 Å². The molecule has 1 aromatic heterocycles. The van der Waals surface area contributed by atoms with E-state index in [1.807, 2.05) is 18.2 Å². The lowest BCUT2D eigenvalue weighted by molar-refractivity contribution is 0.0992. The number of amides is 1. The number of hydrogen-bond donors (Lipinski definition) is 1. The Labute approximate surface area is 141 Å². The van der Waals surface area contributed by atoms with Gasteiger partial charge in [-0.1, -0.05) is 24.3 Å². The van der Waals surface area contributed by atoms with Gasteiger partial charge in [-0.25, -0.2) is 0 Å². The summed E-state index contributed by atoms with van der Waals surface area (Å²) in [5.41, 5.74) is 0.551. The van der Waals surface area contributed by atoms with Crippen molar-refractivity contribution in [1.29, 1.82) is 0 Å². The van der Waals surface area contributed by atoms with E-state index >= 15 is 0 Å². The number of para-hydroxylation sites is 1. The van der Waals surface area contributed by atoms with Crippen molar-refractivity contribution in [2.24, 2.45) is 0 Å². The normalized spacial score (nSPS) is 11.7. The maximum Gasteiger partial charge on any atom is 0.291 e. The van der Waals surface area contributed by atoms with Gasteiger partial charge in [0.05, 0.1) is 0 Å². The zero-order valence-electron chi connectivity index (χ0n) is 12.9. The first-order chi connectivity index (χ1) is 11.6. The van der Waals surface area contributed by atoms with Crippen LogP contribution < -0.4 is 10.1 Å². The molecular formula is C18H15NO4S. The average molecular weight is 341 g/mol. The highest BCUT2D eigenvalue weighted by molar-refractivity contribution is 7.84. The molecule has 1 amide bonds. The van der Waals surface area contributed by atoms with Gasteiger partial charge in [0.15, 0.2) is 5.76 Å². The number of rotatable bonds is 5. The van der Waals surface area contributed by atoms with Crippen molar-refractivity contribution in [2.75, 3.05) is 11.6 Å². The summed E-state index contributed by atoms with van der Waals surface area (Å²) in [5.74, 6) is 0.576. The van der Waals surface area contributed by atoms with Gasteiger partial charge >= 0.3 is 0 Å². The predicted molar refractivity (Wildman–Crippen MR) is 92.0 cm³/mol. The van der Waals surface area contributed by atoms with Gasteiger partial charge in [-0.3, -0.25) is 9.00 Å². The summed E-state index contributed by atoms with van der Waals surface area (Å²) in [5, 5.41) is 2.71. The molecule has 5 nitrogen and oxygen atoms in total. The molecule has 1 N–H and O–H groups in total. The van der Waals surface area contributed by atoms with Crippen molar-refractivity contribution in [1.82, 2.24) is 0 Å². The highest BCUT2D eigenvalue weighted by Gasteiger charge is 2.13. The molecule has 0 bridgehead atoms. The van der Waals surface area contributed by atoms with Crippen molar-refractivity contribution >= 4 is 22.4 Å². The van der Waals surface area contributed by atoms with Crippen LogP contribution in [0.2, 0.25) is 0 Å². The molecule has 6 heteroatoms. The van der Waals surface area contributed by atoms with Crippen LogP contribution in [0.3, 0.4) is 0 Å². The molecule has 0 fully saturated rings. The fourth-order valence-corrected chi connectivity index (χ4v) is 2.61. The molecule has 24 heavy (non-hydrogen) atoms. The van der Waals surface area contributed by atoms with Crippen molar-refractivity contribution in [3.8, 4) is 11.7 Å². The number of benzene rings is 2. The van der Waals surface area contributed by atoms with Crippen molar-refractivity contribution in [3.63, 3.8) is 0 Å². The lowest BCUT2D eigenvalue weighted by Gasteiger charge is -2.05. The largest absolute Gasteiger partial charge is 0.426 e. The van der Waals surface area contributed by atoms with E-state index in [-0.39, 0.29) is 11.7 Å². The van der Waals surface area contributed by atoms with E-state index < -0.39 is 16.7 Å². The maximum absolute atomic E-state index is 12.2. The second kappa shape index (κ2) is 7.14. The molecule has 0 saturated heterocycles. The molecule has 0 aliphatic carbocycles. The molecular weight excluding hydrogens is 326 g/mol. The van der Waals surface area contributed by atoms with Crippen LogP contribution in [-0.2, 0) is 10.8 Å². The third kappa shape index (κ3) is 3.91. The van der Waals surface area contributed by atoms with E-state index in [1.165, 1.54) is 6.07 Å². The minimum Gasteiger partial charge on any atom is -0.426 e. The van der Waals surface area contributed by atoms with Crippen molar-refractivity contribution < 1.29 is 18.2 Å². The second-order valence-corrected chi connectivity index (χ2v) is 6.35. The van der Waals surface area contributed by atoms with E-state index in [9.17, 15) is 9.00 Å². The van der Waals surface area contributed by atoms with E-state index in [4.69, 9.17) is 9.15 Å². The van der Waals surface area contributed by atoms with Gasteiger partial charge in [-0.05, 0) is 36.4 Å². The lowest BCUT2D eigenvalue weighted by Crippen LogP contribution is -2.11. The summed E-state index contributed by atoms with van der Waals surface area (Å²) in [4.78, 5) is 12.9. The zero-order chi connectivity index (χ0) is 16.9. The summed E-state index contributed by atoms with van der Waals surface area (Å²) in [6, 6.07) is 19.1. The molecule has 0 saturated carbocycles. The number of anilines is 1. The number of carbonyl (C=O) groups is 1. The molecule has 0 aliphatic heterocycles. The van der Waals surface area contributed by atoms with E-state index in [1.54, 1.807) is 48.7 Å². The monoisotopic (exact) mass is 341 g/mol. The van der Waals surface area contributed by atoms with E-state index in [2.05, 4.69) is 5.32 Å². The Hall–Kier alpha value is -2.86. The Morgan fingerprint density at radius 3 is 2.58 bits per heavy atom. The number of ether oxygens (including phenoxy) is 1. The summed E-state index contributed by atoms with van der Waals surface area (Å²) >= 11 is 0. The van der Waals surface area contributed by atoms with Gasteiger partial charge in [0.1, 0.15) is 5.75 Å². The third-order valence-corrected chi connectivity index (χ3v) is 4.11. The van der Waals surface area contributed by atoms with Crippen LogP contribution in [0.4, 0.5) is 5.69 Å². The van der Waals surface area contributed by atoms with Gasteiger partial charge in [0.25, 0.3) is 11.9 Å². The molecule has 3 rings (SSSR count). The minimum atomic E-state index is -1.11. The topological polar surface area (TPSA) is 68.5 Å². The minimum absolute atomic E-state index is 0.129. The lowest BCUT2D eigenvalue weighted by atomic mass is 10.3. The molecule has 0 aliphatic rings. The number of hydrogen-bond acceptors (Lipinski definition) is 4. The highest BCUT2D eigenvalue weighted by atomic mass is 32.2. The molecule has 0 spiro atoms. The SMILES string of the molecule is C[S@@](=O)c1cccc(NC(=O)c2ccc(Oc3ccccc3)o2)c1. The quantitative estimate of drug-likeness (QED) is 0.760. The molecule has 0 unspecified atom stereocenters. The van der Waals surface area contributed by atoms with Crippen LogP contribution in [0.1, 0.15) is 10.6 Å². The fraction of sp³-hybridized carbons (Fsp3) is 0.0556. The second-order valence-electron chi connectivity index (χ2n) is 4.97. The first kappa shape index (κ1) is 16.0. The Bertz CT molecular complexity index is 873. The molecule has 122 valence electrons. The number of carbonyl (C=O) groups excluding carboxylic acids is 1. The number of furan rings is 1. The van der Waals surface area contributed by atoms with E-state index in [0.717, 1.165) is 0 Å². The van der Waals surface area contributed by atoms with Crippen molar-refractivity contribution in [2.45, 2.75) is 4.90 Å². The third-order valence-electron chi connectivity index (χ3n) is 3.19. The Morgan fingerprint density at radius 2 is 1.83 bits per heavy atom. The van der Waals surface area contributed by atoms with Crippen LogP contribution >= 0.6 is 0 Å². The molecule has 2 aromatic carbocycles. The average Bonchev–Trinajstić information content (AvgIpc) is 3.04. The van der Waals surface area contributed by atoms with Gasteiger partial charge in [-0.2, -0.15) is 0 Å². The maximum atomic E-state index is 12.2. The molecule has 3 aromatic rings. The van der Waals surface area contributed by atoms with Gasteiger partial charge in [-0.15, -0.1) is 0 Å². The summed E-state index contributed by atoms with van der Waals surface area (Å²) in [7, 11) is -1.11. The highest BCUT2D eigenvalue weighted by Crippen LogP contribution is 2.24. The molecule has 1 heterocycles. The summed E-state index contributed by atoms with van der Waals surface area (Å²) < 4.78 is 22.4. The van der Waals surface area contributed by atoms with Crippen LogP contribution in [-0.4, -0.2) is 16.4 Å². The summed E-state index contributed by atoms with van der Waals surface area (Å²) in [6.45, 7) is 0. The Morgan fingerprint density at radius 1 is 1.04 bits per heavy atom. The van der Waals surface area contributed by atoms with Crippen LogP contribution in [0.5, 0.6) is 11.7 Å². The standard InChI is InChI=1S/C18H15NO4S/c1-24(21)15-9-5-6-13(12-15)19-18(20)16-10-11-17(23-16)22-14-7-3-2-4-8-14/h2-12H,1H3,(H,19,20)/t24-/m1/s1. The Balaban J connectivity index is 1.70.